The lowest BCUT2D eigenvalue weighted by atomic mass is 10.2. The van der Waals surface area contributed by atoms with Gasteiger partial charge in [-0.3, -0.25) is 24.7 Å². The Labute approximate surface area is 223 Å². The van der Waals surface area contributed by atoms with Crippen molar-refractivity contribution in [2.45, 2.75) is 23.1 Å². The predicted octanol–water partition coefficient (Wildman–Crippen LogP) is 3.70. The maximum Gasteiger partial charge on any atom is 0.267 e. The number of fused-ring (bicyclic) bond motifs is 2. The number of ether oxygens (including phenoxy) is 1. The van der Waals surface area contributed by atoms with Gasteiger partial charge in [0.15, 0.2) is 4.34 Å². The van der Waals surface area contributed by atoms with Crippen LogP contribution in [-0.4, -0.2) is 43.8 Å². The highest BCUT2D eigenvalue weighted by molar-refractivity contribution is 8.00. The van der Waals surface area contributed by atoms with Gasteiger partial charge in [0.2, 0.25) is 5.13 Å². The van der Waals surface area contributed by atoms with Crippen LogP contribution in [0.25, 0.3) is 16.7 Å². The normalized spacial score (nSPS) is 11.3. The van der Waals surface area contributed by atoms with E-state index in [1.807, 2.05) is 0 Å². The number of anilines is 1. The minimum Gasteiger partial charge on any atom is -0.385 e. The fourth-order valence-electron chi connectivity index (χ4n) is 3.88. The summed E-state index contributed by atoms with van der Waals surface area (Å²) in [4.78, 5) is 31.1. The fourth-order valence-corrected chi connectivity index (χ4v) is 5.62. The third-order valence-electron chi connectivity index (χ3n) is 5.73. The van der Waals surface area contributed by atoms with E-state index in [0.29, 0.717) is 46.5 Å². The van der Waals surface area contributed by atoms with Gasteiger partial charge >= 0.3 is 0 Å². The Morgan fingerprint density at radius 2 is 2.03 bits per heavy atom. The van der Waals surface area contributed by atoms with E-state index in [4.69, 9.17) is 10.1 Å². The van der Waals surface area contributed by atoms with Crippen LogP contribution in [0.1, 0.15) is 22.3 Å². The molecule has 38 heavy (non-hydrogen) atoms. The lowest BCUT2D eigenvalue weighted by Gasteiger charge is -2.14. The molecule has 0 aliphatic carbocycles. The summed E-state index contributed by atoms with van der Waals surface area (Å²) in [7, 11) is 1.58. The zero-order valence-electron chi connectivity index (χ0n) is 20.2. The molecule has 0 unspecified atom stereocenters. The number of nitrogens with zero attached hydrogens (tertiary/aromatic N) is 5. The van der Waals surface area contributed by atoms with Gasteiger partial charge in [-0.25, -0.2) is 9.37 Å². The molecule has 0 saturated carbocycles. The van der Waals surface area contributed by atoms with Crippen molar-refractivity contribution in [1.82, 2.24) is 24.1 Å². The number of carbonyl (C=O) groups excluding carboxylic acids is 1. The molecule has 5 aromatic rings. The maximum absolute atomic E-state index is 13.9. The van der Waals surface area contributed by atoms with Crippen LogP contribution >= 0.6 is 23.1 Å². The summed E-state index contributed by atoms with van der Waals surface area (Å²) in [6.45, 7) is 0.768. The Bertz CT molecular complexity index is 1770. The largest absolute Gasteiger partial charge is 0.385 e. The second kappa shape index (κ2) is 11.2. The second-order valence-electron chi connectivity index (χ2n) is 8.20. The summed E-state index contributed by atoms with van der Waals surface area (Å²) in [6, 6.07) is 13.1. The molecule has 4 aromatic heterocycles. The number of pyridine rings is 2. The fraction of sp³-hybridized carbons (Fsp3) is 0.200. The van der Waals surface area contributed by atoms with Crippen LogP contribution in [0, 0.1) is 11.2 Å². The van der Waals surface area contributed by atoms with Crippen LogP contribution in [-0.2, 0) is 17.0 Å². The second-order valence-corrected chi connectivity index (χ2v) is 10.4. The molecule has 1 aromatic carbocycles. The summed E-state index contributed by atoms with van der Waals surface area (Å²) < 4.78 is 22.5. The number of rotatable bonds is 9. The number of benzene rings is 1. The first-order chi connectivity index (χ1) is 18.5. The van der Waals surface area contributed by atoms with Crippen LogP contribution in [0.3, 0.4) is 0 Å². The van der Waals surface area contributed by atoms with E-state index in [-0.39, 0.29) is 32.9 Å². The minimum atomic E-state index is -0.600. The van der Waals surface area contributed by atoms with Crippen molar-refractivity contribution in [2.24, 2.45) is 0 Å². The molecule has 5 rings (SSSR count). The van der Waals surface area contributed by atoms with Crippen LogP contribution in [0.15, 0.2) is 63.9 Å². The van der Waals surface area contributed by atoms with E-state index in [1.54, 1.807) is 54.3 Å². The molecule has 13 heteroatoms. The lowest BCUT2D eigenvalue weighted by Crippen LogP contribution is -2.32. The number of methoxy groups -OCH3 is 1. The molecule has 0 aliphatic heterocycles. The molecule has 194 valence electrons. The Hall–Kier alpha value is -3.94. The SMILES string of the molecule is COCCCn1c(=N)c(C(=O)Nc2nnc(SCc3ccccc3F)s2)cc2c(=O)n3ccccc3nc21. The molecule has 1 amide bonds. The van der Waals surface area contributed by atoms with E-state index in [1.165, 1.54) is 28.3 Å². The zero-order valence-corrected chi connectivity index (χ0v) is 21.8. The van der Waals surface area contributed by atoms with E-state index in [0.717, 1.165) is 11.3 Å². The molecule has 0 fully saturated rings. The predicted molar refractivity (Wildman–Crippen MR) is 143 cm³/mol. The molecule has 0 radical (unpaired) electrons. The molecule has 0 saturated heterocycles. The van der Waals surface area contributed by atoms with Crippen LogP contribution in [0.5, 0.6) is 0 Å². The number of aromatic nitrogens is 5. The van der Waals surface area contributed by atoms with Gasteiger partial charge in [-0.2, -0.15) is 0 Å². The van der Waals surface area contributed by atoms with E-state index >= 15 is 0 Å². The number of thioether (sulfide) groups is 1. The Morgan fingerprint density at radius 3 is 2.84 bits per heavy atom. The van der Waals surface area contributed by atoms with Gasteiger partial charge in [0.1, 0.15) is 22.6 Å². The highest BCUT2D eigenvalue weighted by Gasteiger charge is 2.19. The lowest BCUT2D eigenvalue weighted by molar-refractivity contribution is 0.102. The molecule has 0 bridgehead atoms. The summed E-state index contributed by atoms with van der Waals surface area (Å²) >= 11 is 2.44. The third-order valence-corrected chi connectivity index (χ3v) is 7.75. The number of aryl methyl sites for hydroxylation is 1. The summed E-state index contributed by atoms with van der Waals surface area (Å²) in [6.07, 6.45) is 2.16. The zero-order chi connectivity index (χ0) is 26.6. The standard InChI is InChI=1S/C25H22FN7O3S2/c1-36-12-6-11-33-20(27)16(13-17-21(33)28-19-9-4-5-10-32(19)23(17)35)22(34)29-24-30-31-25(38-24)37-14-15-7-2-3-8-18(15)26/h2-5,7-10,13,27H,6,11-12,14H2,1H3,(H,29,30,34). The van der Waals surface area contributed by atoms with Crippen LogP contribution in [0.4, 0.5) is 9.52 Å². The van der Waals surface area contributed by atoms with Crippen molar-refractivity contribution in [3.8, 4) is 0 Å². The van der Waals surface area contributed by atoms with Gasteiger partial charge in [-0.05, 0) is 36.2 Å². The van der Waals surface area contributed by atoms with Gasteiger partial charge in [0.25, 0.3) is 11.5 Å². The number of amides is 1. The minimum absolute atomic E-state index is 0.000424. The monoisotopic (exact) mass is 551 g/mol. The molecule has 0 atom stereocenters. The van der Waals surface area contributed by atoms with E-state index in [9.17, 15) is 14.0 Å². The highest BCUT2D eigenvalue weighted by Crippen LogP contribution is 2.29. The average molecular weight is 552 g/mol. The van der Waals surface area contributed by atoms with Crippen LogP contribution < -0.4 is 16.4 Å². The topological polar surface area (TPSA) is 127 Å². The van der Waals surface area contributed by atoms with Crippen molar-refractivity contribution in [3.63, 3.8) is 0 Å². The van der Waals surface area contributed by atoms with Crippen molar-refractivity contribution < 1.29 is 13.9 Å². The molecule has 0 spiro atoms. The average Bonchev–Trinajstić information content (AvgIpc) is 3.36. The van der Waals surface area contributed by atoms with E-state index in [2.05, 4.69) is 20.5 Å². The molecular weight excluding hydrogens is 529 g/mol. The van der Waals surface area contributed by atoms with Crippen molar-refractivity contribution >= 4 is 50.8 Å². The number of carbonyl (C=O) groups is 1. The molecule has 4 heterocycles. The summed E-state index contributed by atoms with van der Waals surface area (Å²) in [5.41, 5.74) is 0.872. The van der Waals surface area contributed by atoms with Crippen molar-refractivity contribution in [1.29, 1.82) is 5.41 Å². The van der Waals surface area contributed by atoms with Gasteiger partial charge in [-0.1, -0.05) is 47.4 Å². The first-order valence-corrected chi connectivity index (χ1v) is 13.4. The molecule has 0 aliphatic rings. The van der Waals surface area contributed by atoms with Gasteiger partial charge in [0.05, 0.1) is 10.9 Å². The number of hydrogen-bond donors (Lipinski definition) is 2. The molecule has 10 nitrogen and oxygen atoms in total. The summed E-state index contributed by atoms with van der Waals surface area (Å²) in [5.74, 6) is -0.533. The first kappa shape index (κ1) is 25.7. The summed E-state index contributed by atoms with van der Waals surface area (Å²) in [5, 5.41) is 20.0. The Morgan fingerprint density at radius 1 is 1.21 bits per heavy atom. The quantitative estimate of drug-likeness (QED) is 0.124. The van der Waals surface area contributed by atoms with Crippen molar-refractivity contribution in [3.05, 3.63) is 87.5 Å². The number of halogens is 1. The number of nitrogens with one attached hydrogen (secondary N) is 2. The molecule has 2 N–H and O–H groups in total. The van der Waals surface area contributed by atoms with Crippen molar-refractivity contribution in [2.75, 3.05) is 19.0 Å². The van der Waals surface area contributed by atoms with Gasteiger partial charge in [-0.15, -0.1) is 10.2 Å². The molecular formula is C25H22FN7O3S2. The maximum atomic E-state index is 13.9. The van der Waals surface area contributed by atoms with Gasteiger partial charge < -0.3 is 9.30 Å². The Kier molecular flexibility index (Phi) is 7.58. The number of hydrogen-bond acceptors (Lipinski definition) is 9. The third kappa shape index (κ3) is 5.21. The Balaban J connectivity index is 1.46. The first-order valence-electron chi connectivity index (χ1n) is 11.6. The smallest absolute Gasteiger partial charge is 0.267 e. The van der Waals surface area contributed by atoms with Crippen LogP contribution in [0.2, 0.25) is 0 Å². The van der Waals surface area contributed by atoms with Gasteiger partial charge in [0, 0.05) is 32.2 Å². The highest BCUT2D eigenvalue weighted by atomic mass is 32.2. The van der Waals surface area contributed by atoms with E-state index < -0.39 is 5.91 Å².